The van der Waals surface area contributed by atoms with Crippen LogP contribution in [0.4, 0.5) is 5.13 Å². The molecular weight excluding hydrogens is 414 g/mol. The Labute approximate surface area is 174 Å². The van der Waals surface area contributed by atoms with Crippen molar-refractivity contribution in [1.29, 1.82) is 0 Å². The molecule has 1 amide bonds. The summed E-state index contributed by atoms with van der Waals surface area (Å²) in [6.07, 6.45) is 0. The molecule has 1 fully saturated rings. The summed E-state index contributed by atoms with van der Waals surface area (Å²) >= 11 is 9.12. The van der Waals surface area contributed by atoms with E-state index in [1.165, 1.54) is 0 Å². The van der Waals surface area contributed by atoms with Crippen LogP contribution in [0.15, 0.2) is 30.3 Å². The van der Waals surface area contributed by atoms with Gasteiger partial charge in [0.25, 0.3) is 5.91 Å². The van der Waals surface area contributed by atoms with Crippen molar-refractivity contribution in [3.63, 3.8) is 0 Å². The van der Waals surface area contributed by atoms with Gasteiger partial charge in [0.05, 0.1) is 27.0 Å². The average molecular weight is 430 g/mol. The maximum absolute atomic E-state index is 12.9. The van der Waals surface area contributed by atoms with E-state index in [9.17, 15) is 4.79 Å². The van der Waals surface area contributed by atoms with Crippen molar-refractivity contribution in [3.8, 4) is 0 Å². The lowest BCUT2D eigenvalue weighted by Crippen LogP contribution is -2.48. The van der Waals surface area contributed by atoms with E-state index in [1.54, 1.807) is 11.3 Å². The van der Waals surface area contributed by atoms with Gasteiger partial charge in [-0.25, -0.2) is 4.98 Å². The molecule has 28 heavy (non-hydrogen) atoms. The van der Waals surface area contributed by atoms with Crippen molar-refractivity contribution >= 4 is 67.0 Å². The molecule has 142 valence electrons. The number of carbonyl (C=O) groups excluding carboxylic acids is 1. The Morgan fingerprint density at radius 1 is 1.07 bits per heavy atom. The monoisotopic (exact) mass is 429 g/mol. The van der Waals surface area contributed by atoms with Crippen LogP contribution in [-0.4, -0.2) is 50.7 Å². The highest BCUT2D eigenvalue weighted by atomic mass is 35.5. The van der Waals surface area contributed by atoms with Crippen LogP contribution < -0.4 is 4.90 Å². The number of rotatable bonds is 2. The first-order chi connectivity index (χ1) is 13.6. The predicted octanol–water partition coefficient (Wildman–Crippen LogP) is 4.23. The molecule has 2 aromatic carbocycles. The number of aromatic nitrogens is 3. The normalized spacial score (nSPS) is 14.9. The van der Waals surface area contributed by atoms with E-state index in [0.29, 0.717) is 18.7 Å². The molecule has 0 bridgehead atoms. The number of halogens is 1. The predicted molar refractivity (Wildman–Crippen MR) is 115 cm³/mol. The number of aryl methyl sites for hydroxylation is 1. The number of hydrogen-bond donors (Lipinski definition) is 0. The molecule has 2 aromatic heterocycles. The van der Waals surface area contributed by atoms with Crippen LogP contribution in [0.5, 0.6) is 0 Å². The summed E-state index contributed by atoms with van der Waals surface area (Å²) in [5.41, 5.74) is 4.36. The van der Waals surface area contributed by atoms with Gasteiger partial charge >= 0.3 is 0 Å². The van der Waals surface area contributed by atoms with Crippen LogP contribution in [0.2, 0.25) is 5.02 Å². The van der Waals surface area contributed by atoms with E-state index in [2.05, 4.69) is 13.6 Å². The first kappa shape index (κ1) is 17.8. The van der Waals surface area contributed by atoms with E-state index < -0.39 is 0 Å². The number of anilines is 1. The zero-order valence-electron chi connectivity index (χ0n) is 15.1. The molecule has 0 aliphatic carbocycles. The van der Waals surface area contributed by atoms with Crippen LogP contribution in [0, 0.1) is 6.92 Å². The van der Waals surface area contributed by atoms with Gasteiger partial charge in [-0.3, -0.25) is 4.79 Å². The number of piperazine rings is 1. The van der Waals surface area contributed by atoms with Gasteiger partial charge in [-0.1, -0.05) is 29.0 Å². The first-order valence-electron chi connectivity index (χ1n) is 8.92. The van der Waals surface area contributed by atoms with Gasteiger partial charge in [0.1, 0.15) is 11.0 Å². The Bertz CT molecular complexity index is 1160. The lowest BCUT2D eigenvalue weighted by molar-refractivity contribution is 0.0747. The SMILES string of the molecule is Cc1ccc(Cl)c2sc(N3CCN(C(=O)c4ccc5nsnc5c4)CC3)nc12. The molecule has 0 atom stereocenters. The third-order valence-electron chi connectivity index (χ3n) is 5.02. The molecule has 0 unspecified atom stereocenters. The third kappa shape index (κ3) is 3.01. The first-order valence-corrected chi connectivity index (χ1v) is 10.8. The Hall–Kier alpha value is -2.29. The van der Waals surface area contributed by atoms with Crippen LogP contribution in [0.1, 0.15) is 15.9 Å². The molecule has 0 spiro atoms. The molecule has 5 rings (SSSR count). The fraction of sp³-hybridized carbons (Fsp3) is 0.263. The third-order valence-corrected chi connectivity index (χ3v) is 7.16. The van der Waals surface area contributed by atoms with Crippen molar-refractivity contribution in [1.82, 2.24) is 18.6 Å². The van der Waals surface area contributed by atoms with Gasteiger partial charge < -0.3 is 9.80 Å². The number of hydrogen-bond acceptors (Lipinski definition) is 7. The van der Waals surface area contributed by atoms with Crippen molar-refractivity contribution < 1.29 is 4.79 Å². The van der Waals surface area contributed by atoms with Crippen molar-refractivity contribution in [2.45, 2.75) is 6.92 Å². The maximum Gasteiger partial charge on any atom is 0.254 e. The van der Waals surface area contributed by atoms with Gasteiger partial charge in [0.15, 0.2) is 5.13 Å². The van der Waals surface area contributed by atoms with E-state index in [-0.39, 0.29) is 5.91 Å². The zero-order chi connectivity index (χ0) is 19.3. The Kier molecular flexibility index (Phi) is 4.41. The Balaban J connectivity index is 1.32. The van der Waals surface area contributed by atoms with E-state index in [0.717, 1.165) is 61.8 Å². The van der Waals surface area contributed by atoms with Crippen molar-refractivity contribution in [3.05, 3.63) is 46.5 Å². The number of nitrogens with zero attached hydrogens (tertiary/aromatic N) is 5. The second-order valence-corrected chi connectivity index (χ2v) is 8.70. The van der Waals surface area contributed by atoms with Crippen LogP contribution in [-0.2, 0) is 0 Å². The molecule has 0 N–H and O–H groups in total. The quantitative estimate of drug-likeness (QED) is 0.477. The molecule has 3 heterocycles. The second kappa shape index (κ2) is 6.95. The van der Waals surface area contributed by atoms with Crippen LogP contribution >= 0.6 is 34.7 Å². The molecule has 4 aromatic rings. The van der Waals surface area contributed by atoms with E-state index >= 15 is 0 Å². The van der Waals surface area contributed by atoms with Gasteiger partial charge in [-0.15, -0.1) is 0 Å². The van der Waals surface area contributed by atoms with Gasteiger partial charge in [-0.05, 0) is 36.8 Å². The zero-order valence-corrected chi connectivity index (χ0v) is 17.4. The van der Waals surface area contributed by atoms with Crippen molar-refractivity contribution in [2.75, 3.05) is 31.1 Å². The minimum Gasteiger partial charge on any atom is -0.345 e. The topological polar surface area (TPSA) is 62.2 Å². The largest absolute Gasteiger partial charge is 0.345 e. The Morgan fingerprint density at radius 2 is 1.86 bits per heavy atom. The Morgan fingerprint density at radius 3 is 2.64 bits per heavy atom. The molecule has 0 radical (unpaired) electrons. The number of thiazole rings is 1. The van der Waals surface area contributed by atoms with Gasteiger partial charge in [-0.2, -0.15) is 8.75 Å². The molecule has 9 heteroatoms. The summed E-state index contributed by atoms with van der Waals surface area (Å²) in [4.78, 5) is 21.8. The standard InChI is InChI=1S/C19H16ClN5OS2/c1-11-2-4-13(20)17-16(11)21-19(27-17)25-8-6-24(7-9-25)18(26)12-3-5-14-15(10-12)23-28-22-14/h2-5,10H,6-9H2,1H3. The molecule has 1 saturated heterocycles. The van der Waals surface area contributed by atoms with Crippen LogP contribution in [0.3, 0.4) is 0 Å². The maximum atomic E-state index is 12.9. The summed E-state index contributed by atoms with van der Waals surface area (Å²) in [6.45, 7) is 4.88. The van der Waals surface area contributed by atoms with E-state index in [1.807, 2.05) is 42.2 Å². The highest BCUT2D eigenvalue weighted by Gasteiger charge is 2.24. The average Bonchev–Trinajstić information content (AvgIpc) is 3.37. The lowest BCUT2D eigenvalue weighted by atomic mass is 10.1. The summed E-state index contributed by atoms with van der Waals surface area (Å²) in [6, 6.07) is 9.43. The van der Waals surface area contributed by atoms with Gasteiger partial charge in [0.2, 0.25) is 0 Å². The fourth-order valence-electron chi connectivity index (χ4n) is 3.42. The van der Waals surface area contributed by atoms with Crippen molar-refractivity contribution in [2.24, 2.45) is 0 Å². The number of amides is 1. The fourth-order valence-corrected chi connectivity index (χ4v) is 5.31. The summed E-state index contributed by atoms with van der Waals surface area (Å²) in [5, 5.41) is 1.71. The summed E-state index contributed by atoms with van der Waals surface area (Å²) < 4.78 is 9.44. The highest BCUT2D eigenvalue weighted by Crippen LogP contribution is 2.35. The molecule has 1 aliphatic rings. The summed E-state index contributed by atoms with van der Waals surface area (Å²) in [7, 11) is 0. The number of carbonyl (C=O) groups is 1. The smallest absolute Gasteiger partial charge is 0.254 e. The highest BCUT2D eigenvalue weighted by molar-refractivity contribution is 7.22. The molecular formula is C19H16ClN5OS2. The molecule has 0 saturated carbocycles. The summed E-state index contributed by atoms with van der Waals surface area (Å²) in [5.74, 6) is 0.0396. The number of benzene rings is 2. The van der Waals surface area contributed by atoms with Crippen LogP contribution in [0.25, 0.3) is 21.3 Å². The van der Waals surface area contributed by atoms with E-state index in [4.69, 9.17) is 16.6 Å². The molecule has 1 aliphatic heterocycles. The lowest BCUT2D eigenvalue weighted by Gasteiger charge is -2.34. The second-order valence-electron chi connectivity index (χ2n) is 6.79. The number of fused-ring (bicyclic) bond motifs is 2. The minimum absolute atomic E-state index is 0.0396. The minimum atomic E-state index is 0.0396. The molecule has 6 nitrogen and oxygen atoms in total. The van der Waals surface area contributed by atoms with Gasteiger partial charge in [0, 0.05) is 31.7 Å².